The van der Waals surface area contributed by atoms with Crippen LogP contribution >= 0.6 is 15.9 Å². The van der Waals surface area contributed by atoms with Gasteiger partial charge in [0.05, 0.1) is 0 Å². The molecule has 1 amide bonds. The fourth-order valence-electron chi connectivity index (χ4n) is 2.58. The van der Waals surface area contributed by atoms with Crippen molar-refractivity contribution in [2.45, 2.75) is 45.2 Å². The van der Waals surface area contributed by atoms with Gasteiger partial charge in [-0.05, 0) is 44.5 Å². The van der Waals surface area contributed by atoms with Crippen molar-refractivity contribution in [3.8, 4) is 0 Å². The number of carbonyl (C=O) groups excluding carboxylic acids is 1. The molecule has 2 unspecified atom stereocenters. The average molecular weight is 348 g/mol. The number of hydrogen-bond acceptors (Lipinski definition) is 1. The van der Waals surface area contributed by atoms with Crippen LogP contribution in [0.4, 0.5) is 0 Å². The fourth-order valence-corrected chi connectivity index (χ4v) is 2.84. The van der Waals surface area contributed by atoms with Crippen molar-refractivity contribution >= 4 is 21.8 Å². The molecule has 19 heavy (non-hydrogen) atoms. The van der Waals surface area contributed by atoms with Crippen LogP contribution in [0.15, 0.2) is 28.7 Å². The van der Waals surface area contributed by atoms with Gasteiger partial charge in [-0.3, -0.25) is 4.79 Å². The smallest absolute Gasteiger partial charge is 0.295 e. The zero-order chi connectivity index (χ0) is 13.1. The van der Waals surface area contributed by atoms with E-state index in [1.165, 1.54) is 24.3 Å². The van der Waals surface area contributed by atoms with Crippen LogP contribution in [-0.2, 0) is 0 Å². The first kappa shape index (κ1) is 16.5. The molecule has 0 radical (unpaired) electrons. The maximum absolute atomic E-state index is 12.2. The van der Waals surface area contributed by atoms with E-state index in [1.54, 1.807) is 0 Å². The maximum Gasteiger partial charge on any atom is 0.295 e. The highest BCUT2D eigenvalue weighted by atomic mass is 79.9. The van der Waals surface area contributed by atoms with E-state index in [1.807, 2.05) is 24.3 Å². The molecule has 2 atom stereocenters. The van der Waals surface area contributed by atoms with Crippen LogP contribution < -0.4 is 22.8 Å². The third-order valence-electron chi connectivity index (χ3n) is 3.70. The van der Waals surface area contributed by atoms with E-state index in [0.717, 1.165) is 10.0 Å². The number of carbonyl (C=O) groups is 1. The molecule has 0 spiro atoms. The Morgan fingerprint density at radius 1 is 1.21 bits per heavy atom. The topological polar surface area (TPSA) is 33.5 Å². The van der Waals surface area contributed by atoms with Gasteiger partial charge in [0.25, 0.3) is 5.91 Å². The molecule has 0 bridgehead atoms. The first-order valence-corrected chi connectivity index (χ1v) is 7.31. The molecule has 3 nitrogen and oxygen atoms in total. The summed E-state index contributed by atoms with van der Waals surface area (Å²) in [5, 5.41) is 1.20. The lowest BCUT2D eigenvalue weighted by Crippen LogP contribution is -3.25. The van der Waals surface area contributed by atoms with Gasteiger partial charge >= 0.3 is 0 Å². The number of benzene rings is 1. The molecule has 1 saturated heterocycles. The van der Waals surface area contributed by atoms with Gasteiger partial charge in [-0.2, -0.15) is 5.43 Å². The van der Waals surface area contributed by atoms with Gasteiger partial charge in [0.15, 0.2) is 0 Å². The largest absolute Gasteiger partial charge is 1.00 e. The molecule has 2 rings (SSSR count). The van der Waals surface area contributed by atoms with E-state index < -0.39 is 0 Å². The van der Waals surface area contributed by atoms with Crippen molar-refractivity contribution in [3.63, 3.8) is 0 Å². The molecule has 5 heteroatoms. The molecule has 106 valence electrons. The standard InChI is InChI=1S/C14H19BrN2O.ClH/c1-10-4-3-5-11(2)17(10)16-14(18)12-6-8-13(15)9-7-12;/h6-11H,3-5H2,1-2H3,(H,16,18);1H. The predicted octanol–water partition coefficient (Wildman–Crippen LogP) is -1.06. The van der Waals surface area contributed by atoms with Crippen LogP contribution in [-0.4, -0.2) is 18.0 Å². The summed E-state index contributed by atoms with van der Waals surface area (Å²) in [7, 11) is 0. The molecule has 0 aliphatic carbocycles. The van der Waals surface area contributed by atoms with E-state index in [-0.39, 0.29) is 18.3 Å². The van der Waals surface area contributed by atoms with E-state index >= 15 is 0 Å². The predicted molar refractivity (Wildman–Crippen MR) is 75.3 cm³/mol. The Morgan fingerprint density at radius 2 is 1.74 bits per heavy atom. The summed E-state index contributed by atoms with van der Waals surface area (Å²) < 4.78 is 0.992. The second-order valence-corrected chi connectivity index (χ2v) is 6.07. The van der Waals surface area contributed by atoms with Gasteiger partial charge in [-0.1, -0.05) is 15.9 Å². The quantitative estimate of drug-likeness (QED) is 0.703. The van der Waals surface area contributed by atoms with Crippen LogP contribution in [0.25, 0.3) is 0 Å². The summed E-state index contributed by atoms with van der Waals surface area (Å²) in [6.45, 7) is 4.40. The minimum Gasteiger partial charge on any atom is -1.00 e. The van der Waals surface area contributed by atoms with Gasteiger partial charge < -0.3 is 12.4 Å². The second kappa shape index (κ2) is 7.27. The summed E-state index contributed by atoms with van der Waals surface area (Å²) in [5.41, 5.74) is 3.83. The Morgan fingerprint density at radius 3 is 2.26 bits per heavy atom. The van der Waals surface area contributed by atoms with E-state index in [4.69, 9.17) is 0 Å². The zero-order valence-electron chi connectivity index (χ0n) is 11.2. The minimum absolute atomic E-state index is 0. The summed E-state index contributed by atoms with van der Waals surface area (Å²) in [4.78, 5) is 12.2. The third-order valence-corrected chi connectivity index (χ3v) is 4.23. The Balaban J connectivity index is 0.00000180. The molecular formula is C14H20BrClN2O. The van der Waals surface area contributed by atoms with Crippen molar-refractivity contribution in [1.82, 2.24) is 5.43 Å². The number of quaternary nitrogens is 1. The molecule has 2 N–H and O–H groups in total. The molecule has 0 aromatic heterocycles. The zero-order valence-corrected chi connectivity index (χ0v) is 13.6. The summed E-state index contributed by atoms with van der Waals surface area (Å²) >= 11 is 3.38. The van der Waals surface area contributed by atoms with Gasteiger partial charge in [-0.15, -0.1) is 0 Å². The molecule has 1 aromatic carbocycles. The normalized spacial score (nSPS) is 26.4. The second-order valence-electron chi connectivity index (χ2n) is 5.15. The molecule has 1 heterocycles. The Labute approximate surface area is 129 Å². The number of hydrogen-bond donors (Lipinski definition) is 2. The fraction of sp³-hybridized carbons (Fsp3) is 0.500. The monoisotopic (exact) mass is 346 g/mol. The third kappa shape index (κ3) is 4.20. The van der Waals surface area contributed by atoms with Crippen LogP contribution in [0.1, 0.15) is 43.5 Å². The number of piperidine rings is 1. The number of amides is 1. The highest BCUT2D eigenvalue weighted by molar-refractivity contribution is 9.10. The molecule has 1 aromatic rings. The first-order chi connectivity index (χ1) is 8.58. The first-order valence-electron chi connectivity index (χ1n) is 6.51. The average Bonchev–Trinajstić information content (AvgIpc) is 2.34. The summed E-state index contributed by atoms with van der Waals surface area (Å²) in [6, 6.07) is 8.47. The van der Waals surface area contributed by atoms with Gasteiger partial charge in [0, 0.05) is 22.9 Å². The molecule has 1 fully saturated rings. The summed E-state index contributed by atoms with van der Waals surface area (Å²) in [6.07, 6.45) is 3.63. The molecule has 1 aliphatic rings. The van der Waals surface area contributed by atoms with Crippen molar-refractivity contribution in [3.05, 3.63) is 34.3 Å². The van der Waals surface area contributed by atoms with Gasteiger partial charge in [0.1, 0.15) is 12.1 Å². The Hall–Kier alpha value is -0.580. The lowest BCUT2D eigenvalue weighted by Gasteiger charge is -2.34. The number of nitrogens with one attached hydrogen (secondary N) is 2. The van der Waals surface area contributed by atoms with Crippen molar-refractivity contribution < 1.29 is 22.2 Å². The highest BCUT2D eigenvalue weighted by Gasteiger charge is 2.30. The van der Waals surface area contributed by atoms with Crippen molar-refractivity contribution in [2.24, 2.45) is 0 Å². The maximum atomic E-state index is 12.2. The number of rotatable bonds is 2. The highest BCUT2D eigenvalue weighted by Crippen LogP contribution is 2.10. The Bertz CT molecular complexity index is 414. The minimum atomic E-state index is 0. The Kier molecular flexibility index (Phi) is 6.30. The van der Waals surface area contributed by atoms with Crippen molar-refractivity contribution in [2.75, 3.05) is 0 Å². The lowest BCUT2D eigenvalue weighted by atomic mass is 10.00. The van der Waals surface area contributed by atoms with E-state index in [0.29, 0.717) is 12.1 Å². The van der Waals surface area contributed by atoms with Crippen LogP contribution in [0.2, 0.25) is 0 Å². The van der Waals surface area contributed by atoms with E-state index in [9.17, 15) is 4.79 Å². The van der Waals surface area contributed by atoms with Gasteiger partial charge in [-0.25, -0.2) is 5.01 Å². The lowest BCUT2D eigenvalue weighted by molar-refractivity contribution is -0.984. The van der Waals surface area contributed by atoms with Crippen LogP contribution in [0.5, 0.6) is 0 Å². The number of halogens is 2. The molecule has 0 saturated carbocycles. The van der Waals surface area contributed by atoms with Crippen LogP contribution in [0.3, 0.4) is 0 Å². The van der Waals surface area contributed by atoms with E-state index in [2.05, 4.69) is 35.2 Å². The molecular weight excluding hydrogens is 328 g/mol. The van der Waals surface area contributed by atoms with Crippen LogP contribution in [0, 0.1) is 0 Å². The summed E-state index contributed by atoms with van der Waals surface area (Å²) in [5.74, 6) is 0.0121. The van der Waals surface area contributed by atoms with Crippen molar-refractivity contribution in [1.29, 1.82) is 0 Å². The van der Waals surface area contributed by atoms with Gasteiger partial charge in [0.2, 0.25) is 0 Å². The molecule has 1 aliphatic heterocycles. The SMILES string of the molecule is CC1CCCC(C)[NH+]1NC(=O)c1ccc(Br)cc1.[Cl-].